The quantitative estimate of drug-likeness (QED) is 0.797. The maximum Gasteiger partial charge on any atom is 0.0942 e. The van der Waals surface area contributed by atoms with E-state index < -0.39 is 0 Å². The van der Waals surface area contributed by atoms with E-state index in [4.69, 9.17) is 0 Å². The summed E-state index contributed by atoms with van der Waals surface area (Å²) in [4.78, 5) is 6.89. The van der Waals surface area contributed by atoms with E-state index in [9.17, 15) is 0 Å². The van der Waals surface area contributed by atoms with Gasteiger partial charge in [0.1, 0.15) is 0 Å². The summed E-state index contributed by atoms with van der Waals surface area (Å²) < 4.78 is 2.22. The number of fused-ring (bicyclic) bond motifs is 1. The summed E-state index contributed by atoms with van der Waals surface area (Å²) in [5, 5.41) is 1.31. The van der Waals surface area contributed by atoms with E-state index in [1.807, 2.05) is 18.6 Å². The Bertz CT molecular complexity index is 443. The molecule has 0 bridgehead atoms. The number of nitrogens with zero attached hydrogens (tertiary/aromatic N) is 2. The number of thioether (sulfide) groups is 3. The molecule has 0 saturated carbocycles. The van der Waals surface area contributed by atoms with Gasteiger partial charge in [-0.15, -0.1) is 47.7 Å². The van der Waals surface area contributed by atoms with Crippen molar-refractivity contribution in [2.24, 2.45) is 0 Å². The number of halogens is 1. The Balaban J connectivity index is 0.00000128. The molecule has 88 valence electrons. The van der Waals surface area contributed by atoms with Gasteiger partial charge in [-0.3, -0.25) is 4.98 Å². The zero-order chi connectivity index (χ0) is 10.8. The summed E-state index contributed by atoms with van der Waals surface area (Å²) in [6.07, 6.45) is 12.2. The lowest BCUT2D eigenvalue weighted by molar-refractivity contribution is 0.984. The van der Waals surface area contributed by atoms with Gasteiger partial charge >= 0.3 is 0 Å². The predicted molar refractivity (Wildman–Crippen MR) is 77.8 cm³/mol. The summed E-state index contributed by atoms with van der Waals surface area (Å²) in [6.45, 7) is 0. The Hall–Kier alpha value is 0.0300. The summed E-state index contributed by atoms with van der Waals surface area (Å²) >= 11 is 5.38. The Morgan fingerprint density at radius 2 is 1.75 bits per heavy atom. The molecule has 16 heavy (non-hydrogen) atoms. The molecular formula is C10H13ClN2S3. The number of rotatable bonds is 3. The van der Waals surface area contributed by atoms with E-state index in [0.29, 0.717) is 0 Å². The lowest BCUT2D eigenvalue weighted by Gasteiger charge is -1.99. The third kappa shape index (κ3) is 2.18. The van der Waals surface area contributed by atoms with Crippen molar-refractivity contribution >= 4 is 53.2 Å². The van der Waals surface area contributed by atoms with Crippen molar-refractivity contribution in [3.8, 4) is 0 Å². The molecule has 0 saturated heterocycles. The van der Waals surface area contributed by atoms with Crippen molar-refractivity contribution in [1.29, 1.82) is 0 Å². The van der Waals surface area contributed by atoms with Crippen LogP contribution in [0.3, 0.4) is 0 Å². The van der Waals surface area contributed by atoms with Gasteiger partial charge in [-0.05, 0) is 18.8 Å². The monoisotopic (exact) mass is 292 g/mol. The standard InChI is InChI=1S/C10H12N2S3.ClH/c1-13-8-7-6-11-4-5-12(7)10(15-3)9(8)14-2;/h4-6H,1-3H3;1H. The lowest BCUT2D eigenvalue weighted by atomic mass is 10.5. The molecule has 0 amide bonds. The average Bonchev–Trinajstić information content (AvgIpc) is 2.61. The first kappa shape index (κ1) is 14.1. The predicted octanol–water partition coefficient (Wildman–Crippen LogP) is 3.92. The van der Waals surface area contributed by atoms with Crippen LogP contribution in [0, 0.1) is 0 Å². The fraction of sp³-hybridized carbons (Fsp3) is 0.300. The van der Waals surface area contributed by atoms with E-state index in [2.05, 4.69) is 28.2 Å². The minimum Gasteiger partial charge on any atom is -0.306 e. The SMILES string of the molecule is CSc1c(SC)c2cnccn2c1SC.Cl. The smallest absolute Gasteiger partial charge is 0.0942 e. The van der Waals surface area contributed by atoms with Gasteiger partial charge in [0, 0.05) is 17.3 Å². The van der Waals surface area contributed by atoms with E-state index in [1.165, 1.54) is 20.3 Å². The van der Waals surface area contributed by atoms with Crippen molar-refractivity contribution in [1.82, 2.24) is 9.38 Å². The fourth-order valence-electron chi connectivity index (χ4n) is 1.60. The first-order valence-corrected chi connectivity index (χ1v) is 8.11. The largest absolute Gasteiger partial charge is 0.306 e. The van der Waals surface area contributed by atoms with Gasteiger partial charge in [0.05, 0.1) is 21.6 Å². The fourth-order valence-corrected chi connectivity index (χ4v) is 4.51. The topological polar surface area (TPSA) is 17.3 Å². The molecule has 2 heterocycles. The van der Waals surface area contributed by atoms with Gasteiger partial charge in [-0.2, -0.15) is 0 Å². The number of hydrogen-bond acceptors (Lipinski definition) is 4. The highest BCUT2D eigenvalue weighted by atomic mass is 35.5. The van der Waals surface area contributed by atoms with E-state index in [1.54, 1.807) is 35.3 Å². The van der Waals surface area contributed by atoms with Crippen molar-refractivity contribution in [2.45, 2.75) is 14.8 Å². The van der Waals surface area contributed by atoms with Gasteiger partial charge in [0.2, 0.25) is 0 Å². The van der Waals surface area contributed by atoms with Crippen molar-refractivity contribution in [3.63, 3.8) is 0 Å². The third-order valence-electron chi connectivity index (χ3n) is 2.21. The molecule has 0 aliphatic heterocycles. The molecule has 6 heteroatoms. The third-order valence-corrected chi connectivity index (χ3v) is 4.88. The molecule has 2 rings (SSSR count). The minimum atomic E-state index is 0. The van der Waals surface area contributed by atoms with Crippen LogP contribution in [-0.4, -0.2) is 28.2 Å². The molecular weight excluding hydrogens is 280 g/mol. The molecule has 0 unspecified atom stereocenters. The molecule has 0 atom stereocenters. The van der Waals surface area contributed by atoms with Gasteiger partial charge in [-0.25, -0.2) is 0 Å². The van der Waals surface area contributed by atoms with E-state index in [-0.39, 0.29) is 12.4 Å². The van der Waals surface area contributed by atoms with Gasteiger partial charge < -0.3 is 4.40 Å². The summed E-state index contributed by atoms with van der Waals surface area (Å²) in [5.74, 6) is 0. The van der Waals surface area contributed by atoms with Crippen molar-refractivity contribution in [2.75, 3.05) is 18.8 Å². The highest BCUT2D eigenvalue weighted by Gasteiger charge is 2.15. The summed E-state index contributed by atoms with van der Waals surface area (Å²) in [7, 11) is 0. The van der Waals surface area contributed by atoms with Crippen LogP contribution < -0.4 is 0 Å². The molecule has 2 aromatic rings. The van der Waals surface area contributed by atoms with Gasteiger partial charge in [0.15, 0.2) is 0 Å². The molecule has 2 nitrogen and oxygen atoms in total. The van der Waals surface area contributed by atoms with Crippen LogP contribution >= 0.6 is 47.7 Å². The average molecular weight is 293 g/mol. The zero-order valence-electron chi connectivity index (χ0n) is 9.26. The maximum atomic E-state index is 4.19. The molecule has 0 aliphatic carbocycles. The Morgan fingerprint density at radius 1 is 1.06 bits per heavy atom. The second-order valence-corrected chi connectivity index (χ2v) is 5.34. The van der Waals surface area contributed by atoms with Crippen LogP contribution in [0.5, 0.6) is 0 Å². The highest BCUT2D eigenvalue weighted by molar-refractivity contribution is 8.03. The molecule has 0 N–H and O–H groups in total. The Kier molecular flexibility index (Phi) is 5.37. The number of hydrogen-bond donors (Lipinski definition) is 0. The molecule has 0 aromatic carbocycles. The van der Waals surface area contributed by atoms with Crippen LogP contribution in [0.4, 0.5) is 0 Å². The normalized spacial score (nSPS) is 10.4. The molecule has 0 radical (unpaired) electrons. The zero-order valence-corrected chi connectivity index (χ0v) is 12.5. The van der Waals surface area contributed by atoms with Gasteiger partial charge in [0.25, 0.3) is 0 Å². The van der Waals surface area contributed by atoms with Crippen LogP contribution in [0.2, 0.25) is 0 Å². The number of aromatic nitrogens is 2. The summed E-state index contributed by atoms with van der Waals surface area (Å²) in [5.41, 5.74) is 1.21. The molecule has 0 spiro atoms. The van der Waals surface area contributed by atoms with Crippen molar-refractivity contribution < 1.29 is 0 Å². The van der Waals surface area contributed by atoms with Crippen LogP contribution in [0.1, 0.15) is 0 Å². The summed E-state index contributed by atoms with van der Waals surface area (Å²) in [6, 6.07) is 0. The Morgan fingerprint density at radius 3 is 2.31 bits per heavy atom. The van der Waals surface area contributed by atoms with Gasteiger partial charge in [-0.1, -0.05) is 0 Å². The molecule has 0 fully saturated rings. The second kappa shape index (κ2) is 6.10. The highest BCUT2D eigenvalue weighted by Crippen LogP contribution is 2.40. The van der Waals surface area contributed by atoms with Crippen LogP contribution in [-0.2, 0) is 0 Å². The lowest BCUT2D eigenvalue weighted by Crippen LogP contribution is -1.85. The van der Waals surface area contributed by atoms with Crippen molar-refractivity contribution in [3.05, 3.63) is 18.6 Å². The second-order valence-electron chi connectivity index (χ2n) is 2.91. The first-order chi connectivity index (χ1) is 7.33. The first-order valence-electron chi connectivity index (χ1n) is 4.43. The molecule has 2 aromatic heterocycles. The molecule has 0 aliphatic rings. The van der Waals surface area contributed by atoms with E-state index >= 15 is 0 Å². The van der Waals surface area contributed by atoms with E-state index in [0.717, 1.165) is 0 Å². The van der Waals surface area contributed by atoms with Crippen LogP contribution in [0.25, 0.3) is 5.52 Å². The minimum absolute atomic E-state index is 0. The Labute approximate surface area is 114 Å². The maximum absolute atomic E-state index is 4.19. The van der Waals surface area contributed by atoms with Crippen LogP contribution in [0.15, 0.2) is 33.4 Å².